The Kier molecular flexibility index (Phi) is 6.95. The molecule has 29 heavy (non-hydrogen) atoms. The summed E-state index contributed by atoms with van der Waals surface area (Å²) in [4.78, 5) is 14.9. The third-order valence-electron chi connectivity index (χ3n) is 5.16. The molecule has 0 saturated carbocycles. The number of rotatable bonds is 7. The molecule has 1 amide bonds. The van der Waals surface area contributed by atoms with Crippen LogP contribution < -0.4 is 5.32 Å². The van der Waals surface area contributed by atoms with Crippen molar-refractivity contribution >= 4 is 33.2 Å². The summed E-state index contributed by atoms with van der Waals surface area (Å²) in [6.07, 6.45) is 2.87. The highest BCUT2D eigenvalue weighted by atomic mass is 35.5. The van der Waals surface area contributed by atoms with E-state index in [2.05, 4.69) is 10.2 Å². The Morgan fingerprint density at radius 1 is 1.21 bits per heavy atom. The van der Waals surface area contributed by atoms with E-state index in [9.17, 15) is 13.2 Å². The molecule has 8 heteroatoms. The van der Waals surface area contributed by atoms with E-state index in [1.165, 1.54) is 26.2 Å². The molecule has 156 valence electrons. The average molecular weight is 436 g/mol. The molecular formula is C21H26ClN3O3S. The van der Waals surface area contributed by atoms with E-state index in [0.717, 1.165) is 40.7 Å². The molecule has 0 bridgehead atoms. The summed E-state index contributed by atoms with van der Waals surface area (Å²) in [5, 5.41) is 3.58. The van der Waals surface area contributed by atoms with Crippen molar-refractivity contribution in [3.8, 4) is 0 Å². The lowest BCUT2D eigenvalue weighted by molar-refractivity contribution is -0.117. The number of sulfonamides is 1. The minimum atomic E-state index is -3.55. The van der Waals surface area contributed by atoms with Crippen LogP contribution in [-0.2, 0) is 21.2 Å². The number of hydrogen-bond acceptors (Lipinski definition) is 4. The number of likely N-dealkylation sites (tertiary alicyclic amines) is 1. The van der Waals surface area contributed by atoms with Crippen LogP contribution in [-0.4, -0.2) is 56.8 Å². The molecule has 0 aromatic heterocycles. The van der Waals surface area contributed by atoms with Crippen LogP contribution in [0.25, 0.3) is 0 Å². The number of nitrogens with one attached hydrogen (secondary N) is 1. The van der Waals surface area contributed by atoms with Gasteiger partial charge in [-0.3, -0.25) is 9.69 Å². The lowest BCUT2D eigenvalue weighted by atomic mass is 10.0. The van der Waals surface area contributed by atoms with Crippen LogP contribution in [0.3, 0.4) is 0 Å². The highest BCUT2D eigenvalue weighted by Gasteiger charge is 2.27. The SMILES string of the molecule is CN(C)S(=O)(=O)c1cccc(NC(=O)CN2CCCC2Cc2ccccc2Cl)c1. The number of carbonyl (C=O) groups excluding carboxylic acids is 1. The summed E-state index contributed by atoms with van der Waals surface area (Å²) in [5.74, 6) is -0.157. The molecule has 0 spiro atoms. The van der Waals surface area contributed by atoms with Crippen LogP contribution in [0.15, 0.2) is 53.4 Å². The second-order valence-corrected chi connectivity index (χ2v) is 9.98. The fourth-order valence-electron chi connectivity index (χ4n) is 3.58. The zero-order valence-electron chi connectivity index (χ0n) is 16.6. The number of benzene rings is 2. The molecule has 2 aromatic rings. The van der Waals surface area contributed by atoms with Crippen molar-refractivity contribution in [2.45, 2.75) is 30.2 Å². The predicted octanol–water partition coefficient (Wildman–Crippen LogP) is 3.24. The first-order valence-electron chi connectivity index (χ1n) is 9.57. The maximum Gasteiger partial charge on any atom is 0.242 e. The Hall–Kier alpha value is -1.93. The molecule has 1 fully saturated rings. The molecular weight excluding hydrogens is 410 g/mol. The number of hydrogen-bond donors (Lipinski definition) is 1. The van der Waals surface area contributed by atoms with E-state index in [0.29, 0.717) is 5.69 Å². The number of nitrogens with zero attached hydrogens (tertiary/aromatic N) is 2. The van der Waals surface area contributed by atoms with Crippen molar-refractivity contribution in [1.82, 2.24) is 9.21 Å². The molecule has 0 radical (unpaired) electrons. The second kappa shape index (κ2) is 9.26. The fraction of sp³-hybridized carbons (Fsp3) is 0.381. The van der Waals surface area contributed by atoms with E-state index in [4.69, 9.17) is 11.6 Å². The van der Waals surface area contributed by atoms with Gasteiger partial charge in [-0.05, 0) is 55.6 Å². The van der Waals surface area contributed by atoms with E-state index in [-0.39, 0.29) is 23.4 Å². The van der Waals surface area contributed by atoms with E-state index in [1.807, 2.05) is 24.3 Å². The third kappa shape index (κ3) is 5.36. The largest absolute Gasteiger partial charge is 0.325 e. The minimum absolute atomic E-state index is 0.151. The van der Waals surface area contributed by atoms with Crippen LogP contribution >= 0.6 is 11.6 Å². The Morgan fingerprint density at radius 3 is 2.69 bits per heavy atom. The zero-order valence-corrected chi connectivity index (χ0v) is 18.2. The van der Waals surface area contributed by atoms with Gasteiger partial charge in [-0.2, -0.15) is 0 Å². The van der Waals surface area contributed by atoms with Crippen LogP contribution in [0.5, 0.6) is 0 Å². The summed E-state index contributed by atoms with van der Waals surface area (Å²) in [7, 11) is -0.587. The second-order valence-electron chi connectivity index (χ2n) is 7.43. The highest BCUT2D eigenvalue weighted by molar-refractivity contribution is 7.89. The van der Waals surface area contributed by atoms with Gasteiger partial charge < -0.3 is 5.32 Å². The molecule has 1 saturated heterocycles. The standard InChI is InChI=1S/C21H26ClN3O3S/c1-24(2)29(27,28)19-10-5-8-17(14-19)23-21(26)15-25-12-6-9-18(25)13-16-7-3-4-11-20(16)22/h3-5,7-8,10-11,14,18H,6,9,12-13,15H2,1-2H3,(H,23,26). The molecule has 2 aromatic carbocycles. The molecule has 1 aliphatic heterocycles. The van der Waals surface area contributed by atoms with Crippen molar-refractivity contribution in [2.24, 2.45) is 0 Å². The van der Waals surface area contributed by atoms with Crippen molar-refractivity contribution in [3.63, 3.8) is 0 Å². The van der Waals surface area contributed by atoms with Crippen molar-refractivity contribution in [1.29, 1.82) is 0 Å². The highest BCUT2D eigenvalue weighted by Crippen LogP contribution is 2.25. The van der Waals surface area contributed by atoms with Gasteiger partial charge in [-0.1, -0.05) is 35.9 Å². The van der Waals surface area contributed by atoms with Crippen molar-refractivity contribution in [2.75, 3.05) is 32.5 Å². The first-order chi connectivity index (χ1) is 13.8. The van der Waals surface area contributed by atoms with E-state index in [1.54, 1.807) is 12.1 Å². The molecule has 1 unspecified atom stereocenters. The van der Waals surface area contributed by atoms with Gasteiger partial charge >= 0.3 is 0 Å². The normalized spacial score (nSPS) is 17.6. The molecule has 1 atom stereocenters. The number of anilines is 1. The van der Waals surface area contributed by atoms with Gasteiger partial charge in [-0.15, -0.1) is 0 Å². The topological polar surface area (TPSA) is 69.7 Å². The third-order valence-corrected chi connectivity index (χ3v) is 7.34. The molecule has 1 N–H and O–H groups in total. The van der Waals surface area contributed by atoms with E-state index < -0.39 is 10.0 Å². The minimum Gasteiger partial charge on any atom is -0.325 e. The Morgan fingerprint density at radius 2 is 1.97 bits per heavy atom. The Bertz CT molecular complexity index is 979. The van der Waals surface area contributed by atoms with Gasteiger partial charge in [0.1, 0.15) is 0 Å². The van der Waals surface area contributed by atoms with E-state index >= 15 is 0 Å². The molecule has 1 aliphatic rings. The summed E-state index contributed by atoms with van der Waals surface area (Å²) >= 11 is 6.29. The first kappa shape index (κ1) is 21.8. The summed E-state index contributed by atoms with van der Waals surface area (Å²) < 4.78 is 25.7. The van der Waals surface area contributed by atoms with Crippen LogP contribution in [0.1, 0.15) is 18.4 Å². The number of amides is 1. The summed E-state index contributed by atoms with van der Waals surface area (Å²) in [6, 6.07) is 14.4. The fourth-order valence-corrected chi connectivity index (χ4v) is 4.74. The van der Waals surface area contributed by atoms with Gasteiger partial charge in [0.05, 0.1) is 11.4 Å². The first-order valence-corrected chi connectivity index (χ1v) is 11.4. The van der Waals surface area contributed by atoms with Crippen molar-refractivity contribution in [3.05, 3.63) is 59.1 Å². The zero-order chi connectivity index (χ0) is 21.0. The summed E-state index contributed by atoms with van der Waals surface area (Å²) in [5.41, 5.74) is 1.56. The predicted molar refractivity (Wildman–Crippen MR) is 116 cm³/mol. The lowest BCUT2D eigenvalue weighted by Gasteiger charge is -2.24. The molecule has 1 heterocycles. The molecule has 3 rings (SSSR count). The maximum atomic E-state index is 12.6. The van der Waals surface area contributed by atoms with Crippen molar-refractivity contribution < 1.29 is 13.2 Å². The summed E-state index contributed by atoms with van der Waals surface area (Å²) in [6.45, 7) is 1.12. The van der Waals surface area contributed by atoms with Crippen LogP contribution in [0.2, 0.25) is 5.02 Å². The van der Waals surface area contributed by atoms with Crippen LogP contribution in [0.4, 0.5) is 5.69 Å². The monoisotopic (exact) mass is 435 g/mol. The average Bonchev–Trinajstić information content (AvgIpc) is 3.10. The van der Waals surface area contributed by atoms with Gasteiger partial charge in [-0.25, -0.2) is 12.7 Å². The Balaban J connectivity index is 1.64. The van der Waals surface area contributed by atoms with Gasteiger partial charge in [0.2, 0.25) is 15.9 Å². The van der Waals surface area contributed by atoms with Gasteiger partial charge in [0.15, 0.2) is 0 Å². The molecule has 0 aliphatic carbocycles. The quantitative estimate of drug-likeness (QED) is 0.724. The maximum absolute atomic E-state index is 12.6. The van der Waals surface area contributed by atoms with Crippen LogP contribution in [0, 0.1) is 0 Å². The number of halogens is 1. The van der Waals surface area contributed by atoms with Gasteiger partial charge in [0.25, 0.3) is 0 Å². The molecule has 6 nitrogen and oxygen atoms in total. The Labute approximate surface area is 177 Å². The number of carbonyl (C=O) groups is 1. The lowest BCUT2D eigenvalue weighted by Crippen LogP contribution is -2.38. The smallest absolute Gasteiger partial charge is 0.242 e. The van der Waals surface area contributed by atoms with Gasteiger partial charge in [0, 0.05) is 30.8 Å².